The number of hydrogen-bond acceptors (Lipinski definition) is 30. The van der Waals surface area contributed by atoms with E-state index in [1.165, 1.54) is 88.9 Å². The number of carbonyl (C=O) groups excluding carboxylic acids is 4. The van der Waals surface area contributed by atoms with Crippen molar-refractivity contribution in [2.24, 2.45) is 0 Å². The molecule has 110 heavy (non-hydrogen) atoms. The van der Waals surface area contributed by atoms with E-state index in [0.29, 0.717) is 55.8 Å². The number of carbonyl (C=O) groups is 4. The van der Waals surface area contributed by atoms with Gasteiger partial charge in [0.2, 0.25) is 0 Å². The van der Waals surface area contributed by atoms with Gasteiger partial charge < -0.3 is 50.4 Å². The number of thiazole rings is 6. The molecule has 0 saturated heterocycles. The van der Waals surface area contributed by atoms with Gasteiger partial charge in [-0.2, -0.15) is 0 Å². The molecule has 572 valence electrons. The molecule has 0 aliphatic carbocycles. The zero-order valence-electron chi connectivity index (χ0n) is 58.3. The number of non-ortho nitro benzene ring substituents is 2. The summed E-state index contributed by atoms with van der Waals surface area (Å²) in [4.78, 5) is 94.9. The first-order valence-corrected chi connectivity index (χ1v) is 50.3. The molecule has 0 aliphatic heterocycles. The van der Waals surface area contributed by atoms with Crippen molar-refractivity contribution >= 4 is 171 Å². The molecule has 0 spiro atoms. The second kappa shape index (κ2) is 45.6. The van der Waals surface area contributed by atoms with Crippen LogP contribution in [0.4, 0.5) is 32.1 Å². The van der Waals surface area contributed by atoms with Crippen LogP contribution in [-0.2, 0) is 87.5 Å². The quantitative estimate of drug-likeness (QED) is 0.00382. The Hall–Kier alpha value is -10.3. The molecule has 0 bridgehead atoms. The first kappa shape index (κ1) is 87.0. The van der Waals surface area contributed by atoms with Gasteiger partial charge >= 0.3 is 52.8 Å². The Labute approximate surface area is 669 Å². The van der Waals surface area contributed by atoms with E-state index >= 15 is 0 Å². The average molecular weight is 1770 g/mol. The monoisotopic (exact) mass is 1770 g/mol. The fourth-order valence-corrected chi connectivity index (χ4v) is 14.9. The van der Waals surface area contributed by atoms with E-state index in [0.717, 1.165) is 80.5 Å². The maximum Gasteiger partial charge on any atom is -0.369 e. The van der Waals surface area contributed by atoms with E-state index in [4.69, 9.17) is 53.6 Å². The number of methoxy groups -OCH3 is 1. The summed E-state index contributed by atoms with van der Waals surface area (Å²) in [6.45, 7) is 7.36. The Morgan fingerprint density at radius 1 is 0.536 bits per heavy atom. The van der Waals surface area contributed by atoms with E-state index < -0.39 is 43.6 Å². The fraction of sp³-hybridized carbons (Fsp3) is 0.169. The Bertz CT molecular complexity index is 4810. The van der Waals surface area contributed by atoms with Gasteiger partial charge in [0.25, 0.3) is 30.8 Å². The molecular weight excluding hydrogens is 1700 g/mol. The Kier molecular flexibility index (Phi) is 36.1. The molecule has 39 heteroatoms. The van der Waals surface area contributed by atoms with Crippen LogP contribution in [0.15, 0.2) is 196 Å². The van der Waals surface area contributed by atoms with Gasteiger partial charge in [-0.05, 0) is 48.1 Å². The molecule has 8 N–H and O–H groups in total. The number of halogens is 2. The molecule has 0 radical (unpaired) electrons. The van der Waals surface area contributed by atoms with Crippen LogP contribution in [0.2, 0.25) is 4.94 Å². The molecule has 0 amide bonds. The maximum atomic E-state index is 11.0. The van der Waals surface area contributed by atoms with Crippen molar-refractivity contribution < 1.29 is 60.9 Å². The largest absolute Gasteiger partial charge is 0.369 e. The van der Waals surface area contributed by atoms with Gasteiger partial charge in [-0.15, -0.1) is 68.0 Å². The molecule has 0 unspecified atom stereocenters. The minimum Gasteiger partial charge on any atom is -0.369 e. The summed E-state index contributed by atoms with van der Waals surface area (Å²) >= 11 is 7.17. The van der Waals surface area contributed by atoms with Gasteiger partial charge in [0.1, 0.15) is 66.9 Å². The number of benzene rings is 6. The number of hydrogen-bond donors (Lipinski definition) is 5. The minimum atomic E-state index is -4.59. The van der Waals surface area contributed by atoms with Crippen molar-refractivity contribution in [1.29, 1.82) is 0 Å². The normalized spacial score (nSPS) is 11.3. The van der Waals surface area contributed by atoms with Crippen LogP contribution in [0.25, 0.3) is 36.6 Å². The van der Waals surface area contributed by atoms with Gasteiger partial charge in [-0.25, -0.2) is 49.7 Å². The molecule has 0 saturated carbocycles. The van der Waals surface area contributed by atoms with Crippen LogP contribution in [0.3, 0.4) is 0 Å². The number of esters is 1. The topological polar surface area (TPSA) is 415 Å². The fourth-order valence-electron chi connectivity index (χ4n) is 9.65. The minimum absolute atomic E-state index is 0. The van der Waals surface area contributed by atoms with Gasteiger partial charge in [-0.1, -0.05) is 127 Å². The van der Waals surface area contributed by atoms with Crippen molar-refractivity contribution in [1.82, 2.24) is 36.1 Å². The Balaban J connectivity index is 0.000000213. The van der Waals surface area contributed by atoms with Crippen LogP contribution < -0.4 is 26.8 Å². The predicted octanol–water partition coefficient (Wildman–Crippen LogP) is 16.5. The third kappa shape index (κ3) is 28.6. The molecular formula is C71H68Cl2N14O15S7Sn. The number of aromatic nitrogens is 6. The Morgan fingerprint density at radius 3 is 1.09 bits per heavy atom. The van der Waals surface area contributed by atoms with Crippen molar-refractivity contribution in [3.8, 4) is 31.7 Å². The van der Waals surface area contributed by atoms with E-state index in [1.807, 2.05) is 117 Å². The number of quaternary nitrogens is 1. The zero-order valence-corrected chi connectivity index (χ0v) is 68.8. The smallest absolute Gasteiger partial charge is 0.369 e. The average Bonchev–Trinajstić information content (AvgIpc) is 1.67. The second-order valence-corrected chi connectivity index (χ2v) is 41.6. The van der Waals surface area contributed by atoms with Crippen molar-refractivity contribution in [3.63, 3.8) is 0 Å². The third-order valence-corrected chi connectivity index (χ3v) is 20.3. The Morgan fingerprint density at radius 2 is 0.836 bits per heavy atom. The molecule has 6 aromatic heterocycles. The summed E-state index contributed by atoms with van der Waals surface area (Å²) in [5.74, 6) is -0.477. The van der Waals surface area contributed by atoms with E-state index in [2.05, 4.69) is 40.5 Å². The summed E-state index contributed by atoms with van der Waals surface area (Å²) in [5.41, 5.74) is 15.6. The predicted molar refractivity (Wildman–Crippen MR) is 432 cm³/mol. The summed E-state index contributed by atoms with van der Waals surface area (Å²) in [6, 6.07) is 48.6. The van der Waals surface area contributed by atoms with E-state index in [-0.39, 0.29) is 67.7 Å². The molecule has 12 rings (SSSR count). The van der Waals surface area contributed by atoms with Crippen LogP contribution in [0.1, 0.15) is 69.0 Å². The van der Waals surface area contributed by atoms with Gasteiger partial charge in [0.05, 0.1) is 68.7 Å². The third-order valence-electron chi connectivity index (χ3n) is 14.6. The SMILES string of the molecule is O=COCc1ncsc1N[C@@H](Cc1ccc(NS(=O)(=O)[O-])cc1)c1csc(-c2ccccc2)n1.O=COCc1ncsc1N[C@@H](Cc1ccc([N+](=O)[O-])cc1)c1csc(-c2ccccc2)n1.O=COCc1ncsc1N[C@@H](Cc1ccc([N+](=O)[O-])cc1)c1csc(-c2ccccc2)n1.[C-]#[N+]CC(=O)OC.[CH3][SnH]([Cl])[Cl].[NH4+]. The molecule has 3 atom stereocenters. The summed E-state index contributed by atoms with van der Waals surface area (Å²) in [6.07, 6.45) is 1.64. The molecule has 6 heterocycles. The number of ether oxygens (including phenoxy) is 4. The van der Waals surface area contributed by atoms with Crippen LogP contribution >= 0.6 is 85.9 Å². The van der Waals surface area contributed by atoms with Crippen LogP contribution in [0, 0.1) is 26.8 Å². The number of rotatable bonds is 32. The summed E-state index contributed by atoms with van der Waals surface area (Å²) in [5, 5.41) is 43.4. The van der Waals surface area contributed by atoms with Crippen molar-refractivity contribution in [3.05, 3.63) is 279 Å². The molecule has 6 aromatic carbocycles. The van der Waals surface area contributed by atoms with E-state index in [9.17, 15) is 52.4 Å². The van der Waals surface area contributed by atoms with Crippen molar-refractivity contribution in [2.45, 2.75) is 62.1 Å². The number of nitro benzene ring substituents is 2. The second-order valence-electron chi connectivity index (χ2n) is 22.2. The standard InChI is InChI=1S/C22H20N4O5S3.2C22H18N4O4S2.C4H5NO2.CH3.2ClH.H3N.Sn.H/c27-14-31-11-19-22(33-13-23-19)24-18(10-15-6-8-17(9-7-15)26-34(28,29)30)20-12-32-21(25-20)16-4-2-1-3-5-16;2*27-14-30-11-19-22(32-13-23-19)24-18(10-15-6-8-17(9-7-15)26(28)29)20-12-31-21(25-20)16-4-2-1-3-5-16;1-5-3-4(6)7-2;;;;;;/h1-9,12-14,18,24,26H,10-11H2,(H,28,29,30);2*1-9,12-14,18,24H,10-11H2;3H2,2H3;1H3;2*1H;1H3;;/q;;;;;;;;+2;/p-2/t3*18-;;;;;;;/m000......./s1. The summed E-state index contributed by atoms with van der Waals surface area (Å²) < 4.78 is 53.5. The summed E-state index contributed by atoms with van der Waals surface area (Å²) in [7, 11) is 7.17. The zero-order chi connectivity index (χ0) is 77.9. The van der Waals surface area contributed by atoms with E-state index in [1.54, 1.807) is 75.6 Å². The first-order chi connectivity index (χ1) is 52.7. The number of nitrogens with one attached hydrogen (secondary N) is 4. The molecule has 0 fully saturated rings. The number of anilines is 4. The first-order valence-electron chi connectivity index (χ1n) is 32.0. The van der Waals surface area contributed by atoms with Gasteiger partial charge in [-0.3, -0.25) is 39.3 Å². The van der Waals surface area contributed by atoms with Crippen LogP contribution in [-0.4, -0.2) is 109 Å². The van der Waals surface area contributed by atoms with Crippen LogP contribution in [0.5, 0.6) is 0 Å². The molecule has 29 nitrogen and oxygen atoms in total. The van der Waals surface area contributed by atoms with Gasteiger partial charge in [0.15, 0.2) is 10.3 Å². The number of nitro groups is 2. The van der Waals surface area contributed by atoms with Gasteiger partial charge in [0, 0.05) is 62.8 Å². The number of nitrogens with zero attached hydrogens (tertiary/aromatic N) is 9. The maximum absolute atomic E-state index is 11.0. The molecule has 0 aliphatic rings. The van der Waals surface area contributed by atoms with Crippen molar-refractivity contribution in [2.75, 3.05) is 34.3 Å². The molecule has 12 aromatic rings.